The topological polar surface area (TPSA) is 359 Å². The summed E-state index contributed by atoms with van der Waals surface area (Å²) in [6.45, 7) is -1.14. The second-order valence-electron chi connectivity index (χ2n) is 12.4. The van der Waals surface area contributed by atoms with Gasteiger partial charge in [-0.2, -0.15) is 0 Å². The van der Waals surface area contributed by atoms with E-state index < -0.39 is 74.0 Å². The van der Waals surface area contributed by atoms with Gasteiger partial charge in [-0.25, -0.2) is 9.59 Å². The van der Waals surface area contributed by atoms with Gasteiger partial charge in [-0.05, 0) is 175 Å². The number of aromatic carboxylic acids is 2. The van der Waals surface area contributed by atoms with E-state index in [1.807, 2.05) is 90.4 Å². The lowest BCUT2D eigenvalue weighted by Gasteiger charge is -2.25. The van der Waals surface area contributed by atoms with E-state index in [1.54, 1.807) is 26.2 Å². The highest BCUT2D eigenvalue weighted by Crippen LogP contribution is 2.33. The number of carboxylic acid groups (broad SMARTS) is 2. The van der Waals surface area contributed by atoms with Crippen molar-refractivity contribution in [3.63, 3.8) is 0 Å². The number of carbonyl (C=O) groups excluding carboxylic acids is 2. The van der Waals surface area contributed by atoms with Crippen molar-refractivity contribution >= 4 is 171 Å². The fraction of sp³-hybridized carbons (Fsp3) is 0.529. The second-order valence-corrected chi connectivity index (χ2v) is 19.2. The smallest absolute Gasteiger partial charge is 0.337 e. The molecule has 8 atom stereocenters. The highest BCUT2D eigenvalue weighted by molar-refractivity contribution is 14.1. The number of likely N-dealkylation sites (N-methyl/N-ethyl adjacent to an activating group) is 2. The van der Waals surface area contributed by atoms with Gasteiger partial charge < -0.3 is 82.5 Å². The predicted molar refractivity (Wildman–Crippen MR) is 269 cm³/mol. The molecular weight excluding hydrogens is 1480 g/mol. The van der Waals surface area contributed by atoms with Crippen molar-refractivity contribution in [2.45, 2.75) is 74.5 Å². The number of unbranched alkanes of at least 4 members (excludes halogenated alkanes) is 1. The maximum absolute atomic E-state index is 12.4. The molecule has 0 saturated carbocycles. The summed E-state index contributed by atoms with van der Waals surface area (Å²) in [7, 11) is 3.15. The molecule has 60 heavy (non-hydrogen) atoms. The van der Waals surface area contributed by atoms with Crippen molar-refractivity contribution in [1.82, 2.24) is 10.6 Å². The summed E-state index contributed by atoms with van der Waals surface area (Å²) >= 11 is 11.9. The molecule has 2 amide bonds. The first-order chi connectivity index (χ1) is 27.9. The van der Waals surface area contributed by atoms with Gasteiger partial charge >= 0.3 is 11.9 Å². The van der Waals surface area contributed by atoms with Gasteiger partial charge in [-0.15, -0.1) is 0 Å². The largest absolute Gasteiger partial charge is 0.478 e. The summed E-state index contributed by atoms with van der Waals surface area (Å²) in [4.78, 5) is 47.9. The molecule has 0 bridgehead atoms. The Kier molecular flexibility index (Phi) is 31.3. The molecule has 0 aliphatic rings. The Morgan fingerprint density at radius 2 is 0.800 bits per heavy atom. The molecule has 8 unspecified atom stereocenters. The molecule has 16 N–H and O–H groups in total. The quantitative estimate of drug-likeness (QED) is 0.0583. The molecule has 0 fully saturated rings. The zero-order valence-electron chi connectivity index (χ0n) is 31.7. The van der Waals surface area contributed by atoms with Crippen LogP contribution in [0.1, 0.15) is 46.4 Å². The van der Waals surface area contributed by atoms with E-state index in [-0.39, 0.29) is 48.9 Å². The highest BCUT2D eigenvalue weighted by atomic mass is 127. The van der Waals surface area contributed by atoms with E-state index in [2.05, 4.69) is 66.4 Å². The standard InChI is InChI=1S/C20H14I6N2O6.2C7H17NO5/c21-7-5-9(23)17(15(25)13(7)19(31)32)27-11(29)3-1-2-4-12(30)28-18-10(24)6-8(22)14(16(18)26)20(33)34;2*1-8-2-4(10)6(12)7(13)5(11)3-9/h5-6H,1-4H2,(H,27,29)(H,28,30)(H,31,32)(H,33,34);2*4-13H,2-3H2,1H3. The van der Waals surface area contributed by atoms with Gasteiger partial charge in [0.05, 0.1) is 55.1 Å². The Labute approximate surface area is 426 Å². The third kappa shape index (κ3) is 20.2. The van der Waals surface area contributed by atoms with Crippen LogP contribution in [0.15, 0.2) is 12.1 Å². The van der Waals surface area contributed by atoms with Gasteiger partial charge in [-0.1, -0.05) is 0 Å². The zero-order valence-corrected chi connectivity index (χ0v) is 44.6. The number of amides is 2. The highest BCUT2D eigenvalue weighted by Gasteiger charge is 2.30. The number of nitrogens with one attached hydrogen (secondary N) is 4. The molecule has 26 heteroatoms. The van der Waals surface area contributed by atoms with E-state index in [9.17, 15) is 39.6 Å². The first kappa shape index (κ1) is 60.2. The SMILES string of the molecule is CNCC(O)C(O)C(O)C(O)CO.CNCC(O)C(O)C(O)C(O)CO.O=C(CCCCC(=O)Nc1c(I)cc(I)c(C(=O)O)c1I)Nc1c(I)cc(I)c(C(=O)O)c1I. The third-order valence-corrected chi connectivity index (χ3v) is 13.4. The molecule has 0 saturated heterocycles. The predicted octanol–water partition coefficient (Wildman–Crippen LogP) is 0.132. The summed E-state index contributed by atoms with van der Waals surface area (Å²) in [5.41, 5.74) is 1.25. The Morgan fingerprint density at radius 3 is 1.05 bits per heavy atom. The van der Waals surface area contributed by atoms with Crippen molar-refractivity contribution in [1.29, 1.82) is 0 Å². The lowest BCUT2D eigenvalue weighted by Crippen LogP contribution is -2.48. The lowest BCUT2D eigenvalue weighted by molar-refractivity contribution is -0.118. The zero-order chi connectivity index (χ0) is 46.6. The molecule has 0 heterocycles. The Bertz CT molecular complexity index is 1600. The molecule has 0 aromatic heterocycles. The molecule has 2 aromatic rings. The van der Waals surface area contributed by atoms with E-state index >= 15 is 0 Å². The van der Waals surface area contributed by atoms with Crippen LogP contribution in [0.3, 0.4) is 0 Å². The molecule has 0 aliphatic carbocycles. The van der Waals surface area contributed by atoms with Crippen LogP contribution in [0.5, 0.6) is 0 Å². The number of anilines is 2. The molecule has 342 valence electrons. The minimum atomic E-state index is -1.55. The summed E-state index contributed by atoms with van der Waals surface area (Å²) in [5, 5.41) is 119. The van der Waals surface area contributed by atoms with Crippen LogP contribution < -0.4 is 21.3 Å². The monoisotopic (exact) mass is 1530 g/mol. The van der Waals surface area contributed by atoms with Gasteiger partial charge in [0.15, 0.2) is 0 Å². The summed E-state index contributed by atoms with van der Waals surface area (Å²) in [5.74, 6) is -2.64. The maximum atomic E-state index is 12.4. The molecule has 0 aliphatic heterocycles. The van der Waals surface area contributed by atoms with Crippen LogP contribution in [0.2, 0.25) is 0 Å². The second kappa shape index (κ2) is 31.2. The number of carboxylic acids is 2. The molecule has 2 aromatic carbocycles. The Balaban J connectivity index is 0.00000110. The third-order valence-electron chi connectivity index (χ3n) is 7.83. The van der Waals surface area contributed by atoms with Crippen LogP contribution in [0, 0.1) is 21.4 Å². The average Bonchev–Trinajstić information content (AvgIpc) is 3.18. The van der Waals surface area contributed by atoms with Crippen molar-refractivity contribution in [3.8, 4) is 0 Å². The number of aliphatic hydroxyl groups is 10. The molecule has 2 rings (SSSR count). The van der Waals surface area contributed by atoms with E-state index in [0.29, 0.717) is 38.5 Å². The number of carbonyl (C=O) groups is 4. The van der Waals surface area contributed by atoms with Crippen molar-refractivity contribution < 1.29 is 80.5 Å². The van der Waals surface area contributed by atoms with Crippen LogP contribution in [-0.2, 0) is 9.59 Å². The van der Waals surface area contributed by atoms with Gasteiger partial charge in [0, 0.05) is 40.2 Å². The van der Waals surface area contributed by atoms with E-state index in [4.69, 9.17) is 40.9 Å². The first-order valence-electron chi connectivity index (χ1n) is 17.3. The Morgan fingerprint density at radius 1 is 0.517 bits per heavy atom. The average molecular weight is 1530 g/mol. The van der Waals surface area contributed by atoms with E-state index in [1.165, 1.54) is 0 Å². The van der Waals surface area contributed by atoms with Crippen LogP contribution >= 0.6 is 136 Å². The van der Waals surface area contributed by atoms with Gasteiger partial charge in [-0.3, -0.25) is 9.59 Å². The minimum Gasteiger partial charge on any atom is -0.478 e. The van der Waals surface area contributed by atoms with Gasteiger partial charge in [0.2, 0.25) is 11.8 Å². The van der Waals surface area contributed by atoms with E-state index in [0.717, 1.165) is 7.14 Å². The molecule has 0 spiro atoms. The lowest BCUT2D eigenvalue weighted by atomic mass is 10.0. The van der Waals surface area contributed by atoms with Crippen molar-refractivity contribution in [3.05, 3.63) is 44.7 Å². The number of hydrogen-bond acceptors (Lipinski definition) is 16. The fourth-order valence-electron chi connectivity index (χ4n) is 4.56. The van der Waals surface area contributed by atoms with Crippen molar-refractivity contribution in [2.75, 3.05) is 51.0 Å². The maximum Gasteiger partial charge on any atom is 0.337 e. The molecular formula is C34H48I6N4O16. The van der Waals surface area contributed by atoms with Crippen LogP contribution in [0.4, 0.5) is 11.4 Å². The van der Waals surface area contributed by atoms with Crippen molar-refractivity contribution in [2.24, 2.45) is 0 Å². The first-order valence-corrected chi connectivity index (χ1v) is 23.8. The number of hydrogen-bond donors (Lipinski definition) is 16. The molecule has 0 radical (unpaired) electrons. The summed E-state index contributed by atoms with van der Waals surface area (Å²) < 4.78 is 3.61. The number of rotatable bonds is 21. The normalized spacial score (nSPS) is 15.0. The minimum absolute atomic E-state index is 0.0936. The number of halogens is 6. The molecule has 20 nitrogen and oxygen atoms in total. The summed E-state index contributed by atoms with van der Waals surface area (Å²) in [6.07, 6.45) is -10.0. The number of aliphatic hydroxyl groups excluding tert-OH is 10. The van der Waals surface area contributed by atoms with Crippen LogP contribution in [0.25, 0.3) is 0 Å². The van der Waals surface area contributed by atoms with Gasteiger partial charge in [0.1, 0.15) is 36.6 Å². The van der Waals surface area contributed by atoms with Gasteiger partial charge in [0.25, 0.3) is 0 Å². The summed E-state index contributed by atoms with van der Waals surface area (Å²) in [6, 6.07) is 3.41. The van der Waals surface area contributed by atoms with Crippen LogP contribution in [-0.4, -0.2) is 174 Å². The fourth-order valence-corrected chi connectivity index (χ4v) is 12.8. The number of benzene rings is 2. The Hall–Kier alpha value is 0.220.